The molecule has 0 spiro atoms. The van der Waals surface area contributed by atoms with Crippen LogP contribution in [-0.2, 0) is 0 Å². The molecule has 0 atom stereocenters. The van der Waals surface area contributed by atoms with E-state index in [0.29, 0.717) is 0 Å². The topological polar surface area (TPSA) is 0 Å². The van der Waals surface area contributed by atoms with E-state index in [1.807, 2.05) is 0 Å². The average molecular weight is 110 g/mol. The maximum absolute atomic E-state index is 2.40. The summed E-state index contributed by atoms with van der Waals surface area (Å²) in [5, 5.41) is 0. The van der Waals surface area contributed by atoms with E-state index in [4.69, 9.17) is 0 Å². The van der Waals surface area contributed by atoms with E-state index in [9.17, 15) is 0 Å². The third kappa shape index (κ3) is 0.260. The van der Waals surface area contributed by atoms with Crippen LogP contribution < -0.4 is 0 Å². The van der Waals surface area contributed by atoms with Crippen LogP contribution in [0.15, 0.2) is 0 Å². The molecule has 3 rings (SSSR count). The van der Waals surface area contributed by atoms with Gasteiger partial charge in [0, 0.05) is 0 Å². The molecule has 3 aliphatic carbocycles. The van der Waals surface area contributed by atoms with Gasteiger partial charge in [-0.2, -0.15) is 0 Å². The molecule has 2 bridgehead atoms. The van der Waals surface area contributed by atoms with Crippen LogP contribution in [0.1, 0.15) is 20.8 Å². The molecule has 0 radical (unpaired) electrons. The van der Waals surface area contributed by atoms with Crippen molar-refractivity contribution in [1.82, 2.24) is 0 Å². The SMILES string of the molecule is CC1C2C(C)C1C2C. The maximum atomic E-state index is 2.40. The number of rotatable bonds is 0. The smallest absolute Gasteiger partial charge is 0.0328 e. The lowest BCUT2D eigenvalue weighted by Crippen LogP contribution is -2.63. The predicted molar refractivity (Wildman–Crippen MR) is 34.5 cm³/mol. The average Bonchev–Trinajstić information content (AvgIpc) is 1.66. The molecule has 8 heavy (non-hydrogen) atoms. The minimum absolute atomic E-state index is 1.08. The van der Waals surface area contributed by atoms with Gasteiger partial charge in [0.05, 0.1) is 0 Å². The van der Waals surface area contributed by atoms with Gasteiger partial charge in [-0.15, -0.1) is 0 Å². The van der Waals surface area contributed by atoms with Gasteiger partial charge in [-0.1, -0.05) is 20.8 Å². The summed E-state index contributed by atoms with van der Waals surface area (Å²) in [6.45, 7) is 7.19. The van der Waals surface area contributed by atoms with Crippen molar-refractivity contribution < 1.29 is 0 Å². The monoisotopic (exact) mass is 110 g/mol. The van der Waals surface area contributed by atoms with Crippen molar-refractivity contribution in [2.75, 3.05) is 0 Å². The lowest BCUT2D eigenvalue weighted by molar-refractivity contribution is -0.206. The molecule has 3 saturated carbocycles. The molecule has 3 aliphatic rings. The fourth-order valence-electron chi connectivity index (χ4n) is 3.21. The van der Waals surface area contributed by atoms with Gasteiger partial charge in [0.15, 0.2) is 0 Å². The summed E-state index contributed by atoms with van der Waals surface area (Å²) < 4.78 is 0. The molecule has 0 aliphatic heterocycles. The van der Waals surface area contributed by atoms with Crippen molar-refractivity contribution >= 4 is 0 Å². The molecule has 0 nitrogen and oxygen atoms in total. The van der Waals surface area contributed by atoms with Gasteiger partial charge in [-0.3, -0.25) is 0 Å². The molecule has 0 heterocycles. The Balaban J connectivity index is 2.08. The van der Waals surface area contributed by atoms with Gasteiger partial charge in [0.1, 0.15) is 0 Å². The van der Waals surface area contributed by atoms with Gasteiger partial charge in [0.2, 0.25) is 0 Å². The first-order valence-corrected chi connectivity index (χ1v) is 3.73. The van der Waals surface area contributed by atoms with E-state index in [0.717, 1.165) is 29.6 Å². The molecular weight excluding hydrogens is 96.1 g/mol. The van der Waals surface area contributed by atoms with Crippen molar-refractivity contribution in [3.05, 3.63) is 0 Å². The van der Waals surface area contributed by atoms with Gasteiger partial charge in [-0.25, -0.2) is 0 Å². The summed E-state index contributed by atoms with van der Waals surface area (Å²) in [5.74, 6) is 5.47. The van der Waals surface area contributed by atoms with Crippen LogP contribution in [0, 0.1) is 29.6 Å². The molecule has 0 amide bonds. The summed E-state index contributed by atoms with van der Waals surface area (Å²) >= 11 is 0. The second-order valence-electron chi connectivity index (χ2n) is 3.73. The molecule has 0 aromatic rings. The fourth-order valence-corrected chi connectivity index (χ4v) is 3.21. The Kier molecular flexibility index (Phi) is 0.678. The quantitative estimate of drug-likeness (QED) is 0.448. The van der Waals surface area contributed by atoms with Gasteiger partial charge in [-0.05, 0) is 29.6 Å². The Morgan fingerprint density at radius 3 is 0.875 bits per heavy atom. The lowest BCUT2D eigenvalue weighted by atomic mass is 9.37. The molecule has 0 saturated heterocycles. The van der Waals surface area contributed by atoms with Crippen LogP contribution >= 0.6 is 0 Å². The minimum atomic E-state index is 1.08. The summed E-state index contributed by atoms with van der Waals surface area (Å²) in [6.07, 6.45) is 0. The molecular formula is C8H14. The van der Waals surface area contributed by atoms with Gasteiger partial charge in [0.25, 0.3) is 0 Å². The lowest BCUT2D eigenvalue weighted by Gasteiger charge is -2.68. The van der Waals surface area contributed by atoms with E-state index in [2.05, 4.69) is 20.8 Å². The zero-order valence-corrected chi connectivity index (χ0v) is 5.89. The molecule has 3 fully saturated rings. The van der Waals surface area contributed by atoms with E-state index in [-0.39, 0.29) is 0 Å². The van der Waals surface area contributed by atoms with Crippen molar-refractivity contribution in [3.8, 4) is 0 Å². The molecule has 0 aromatic carbocycles. The van der Waals surface area contributed by atoms with E-state index >= 15 is 0 Å². The van der Waals surface area contributed by atoms with E-state index < -0.39 is 0 Å². The Morgan fingerprint density at radius 2 is 0.875 bits per heavy atom. The first-order chi connectivity index (χ1) is 3.73. The molecule has 0 unspecified atom stereocenters. The summed E-state index contributed by atoms with van der Waals surface area (Å²) in [4.78, 5) is 0. The highest BCUT2D eigenvalue weighted by Crippen LogP contribution is 2.66. The minimum Gasteiger partial charge on any atom is -0.0619 e. The van der Waals surface area contributed by atoms with E-state index in [1.54, 1.807) is 0 Å². The molecule has 0 N–H and O–H groups in total. The summed E-state index contributed by atoms with van der Waals surface area (Å²) in [6, 6.07) is 0. The number of hydrogen-bond donors (Lipinski definition) is 0. The zero-order chi connectivity index (χ0) is 5.89. The van der Waals surface area contributed by atoms with Crippen molar-refractivity contribution in [2.45, 2.75) is 20.8 Å². The Hall–Kier alpha value is 0. The highest BCUT2D eigenvalue weighted by atomic mass is 14.7. The Labute approximate surface area is 51.3 Å². The predicted octanol–water partition coefficient (Wildman–Crippen LogP) is 2.15. The van der Waals surface area contributed by atoms with Gasteiger partial charge < -0.3 is 0 Å². The normalized spacial score (nSPS) is 68.6. The van der Waals surface area contributed by atoms with Crippen molar-refractivity contribution in [1.29, 1.82) is 0 Å². The Morgan fingerprint density at radius 1 is 0.625 bits per heavy atom. The summed E-state index contributed by atoms with van der Waals surface area (Å²) in [7, 11) is 0. The van der Waals surface area contributed by atoms with Crippen LogP contribution in [0.3, 0.4) is 0 Å². The van der Waals surface area contributed by atoms with Crippen LogP contribution in [0.5, 0.6) is 0 Å². The second kappa shape index (κ2) is 1.12. The van der Waals surface area contributed by atoms with Gasteiger partial charge >= 0.3 is 0 Å². The van der Waals surface area contributed by atoms with Crippen molar-refractivity contribution in [3.63, 3.8) is 0 Å². The zero-order valence-electron chi connectivity index (χ0n) is 5.89. The standard InChI is InChI=1S/C8H14/c1-4-7-5(2)8(4)6(7)3/h4-8H,1-3H3. The first kappa shape index (κ1) is 4.84. The number of hydrogen-bond acceptors (Lipinski definition) is 0. The van der Waals surface area contributed by atoms with Crippen molar-refractivity contribution in [2.24, 2.45) is 29.6 Å². The van der Waals surface area contributed by atoms with Crippen LogP contribution in [0.2, 0.25) is 0 Å². The fraction of sp³-hybridized carbons (Fsp3) is 1.00. The highest BCUT2D eigenvalue weighted by molar-refractivity contribution is 5.09. The first-order valence-electron chi connectivity index (χ1n) is 3.73. The summed E-state index contributed by atoms with van der Waals surface area (Å²) in [5.41, 5.74) is 0. The third-order valence-electron chi connectivity index (χ3n) is 3.64. The second-order valence-corrected chi connectivity index (χ2v) is 3.73. The highest BCUT2D eigenvalue weighted by Gasteiger charge is 2.61. The van der Waals surface area contributed by atoms with Crippen LogP contribution in [0.25, 0.3) is 0 Å². The molecule has 0 heteroatoms. The van der Waals surface area contributed by atoms with E-state index in [1.165, 1.54) is 0 Å². The Bertz CT molecular complexity index is 81.4. The third-order valence-corrected chi connectivity index (χ3v) is 3.64. The maximum Gasteiger partial charge on any atom is -0.0328 e. The van der Waals surface area contributed by atoms with Crippen LogP contribution in [0.4, 0.5) is 0 Å². The molecule has 0 aromatic heterocycles. The van der Waals surface area contributed by atoms with Crippen LogP contribution in [-0.4, -0.2) is 0 Å². The largest absolute Gasteiger partial charge is 0.0619 e. The molecule has 46 valence electrons.